The zero-order valence-corrected chi connectivity index (χ0v) is 12.3. The second-order valence-electron chi connectivity index (χ2n) is 6.43. The van der Waals surface area contributed by atoms with E-state index in [1.807, 2.05) is 35.2 Å². The number of nitrogens with zero attached hydrogens (tertiary/aromatic N) is 1. The van der Waals surface area contributed by atoms with Crippen molar-refractivity contribution < 1.29 is 14.6 Å². The molecule has 0 aromatic heterocycles. The zero-order chi connectivity index (χ0) is 14.7. The van der Waals surface area contributed by atoms with Crippen LogP contribution >= 0.6 is 0 Å². The summed E-state index contributed by atoms with van der Waals surface area (Å²) in [6.07, 6.45) is 3.07. The fourth-order valence-corrected chi connectivity index (χ4v) is 3.81. The number of ether oxygens (including phenoxy) is 1. The molecular weight excluding hydrogens is 266 g/mol. The third kappa shape index (κ3) is 3.56. The van der Waals surface area contributed by atoms with Gasteiger partial charge in [-0.2, -0.15) is 0 Å². The van der Waals surface area contributed by atoms with E-state index in [4.69, 9.17) is 4.74 Å². The van der Waals surface area contributed by atoms with Crippen LogP contribution in [-0.4, -0.2) is 35.8 Å². The number of hydrogen-bond acceptors (Lipinski definition) is 3. The van der Waals surface area contributed by atoms with Gasteiger partial charge >= 0.3 is 6.09 Å². The number of hydrogen-bond donors (Lipinski definition) is 1. The lowest BCUT2D eigenvalue weighted by Crippen LogP contribution is -2.47. The van der Waals surface area contributed by atoms with Crippen molar-refractivity contribution in [3.63, 3.8) is 0 Å². The summed E-state index contributed by atoms with van der Waals surface area (Å²) in [6.45, 7) is 2.18. The van der Waals surface area contributed by atoms with Crippen molar-refractivity contribution in [2.45, 2.75) is 25.9 Å². The molecule has 1 aromatic carbocycles. The molecule has 3 rings (SSSR count). The number of benzene rings is 1. The molecule has 1 unspecified atom stereocenters. The summed E-state index contributed by atoms with van der Waals surface area (Å²) in [6, 6.07) is 9.77. The Hall–Kier alpha value is -1.55. The molecule has 0 radical (unpaired) electrons. The van der Waals surface area contributed by atoms with Crippen LogP contribution in [0.25, 0.3) is 0 Å². The van der Waals surface area contributed by atoms with Gasteiger partial charge in [0, 0.05) is 19.7 Å². The van der Waals surface area contributed by atoms with Crippen LogP contribution in [0.15, 0.2) is 30.3 Å². The second kappa shape index (κ2) is 6.48. The minimum Gasteiger partial charge on any atom is -0.445 e. The lowest BCUT2D eigenvalue weighted by atomic mass is 9.73. The van der Waals surface area contributed by atoms with E-state index in [9.17, 15) is 9.90 Å². The molecule has 1 N–H and O–H groups in total. The largest absolute Gasteiger partial charge is 0.445 e. The van der Waals surface area contributed by atoms with E-state index in [1.54, 1.807) is 0 Å². The van der Waals surface area contributed by atoms with E-state index in [0.717, 1.165) is 31.5 Å². The maximum atomic E-state index is 12.2. The zero-order valence-electron chi connectivity index (χ0n) is 12.3. The first kappa shape index (κ1) is 14.4. The molecule has 21 heavy (non-hydrogen) atoms. The van der Waals surface area contributed by atoms with Gasteiger partial charge in [0.05, 0.1) is 0 Å². The molecule has 1 saturated carbocycles. The summed E-state index contributed by atoms with van der Waals surface area (Å²) in [4.78, 5) is 14.1. The van der Waals surface area contributed by atoms with E-state index in [2.05, 4.69) is 0 Å². The fourth-order valence-electron chi connectivity index (χ4n) is 3.81. The molecule has 114 valence electrons. The number of rotatable bonds is 3. The Morgan fingerprint density at radius 1 is 1.14 bits per heavy atom. The molecule has 2 fully saturated rings. The molecule has 0 spiro atoms. The third-order valence-corrected chi connectivity index (χ3v) is 4.68. The summed E-state index contributed by atoms with van der Waals surface area (Å²) in [7, 11) is 0. The number of carbonyl (C=O) groups is 1. The highest BCUT2D eigenvalue weighted by atomic mass is 16.6. The highest BCUT2D eigenvalue weighted by Crippen LogP contribution is 2.37. The van der Waals surface area contributed by atoms with E-state index >= 15 is 0 Å². The van der Waals surface area contributed by atoms with Crippen LogP contribution in [-0.2, 0) is 11.3 Å². The van der Waals surface area contributed by atoms with Crippen LogP contribution in [0.3, 0.4) is 0 Å². The van der Waals surface area contributed by atoms with Gasteiger partial charge in [0.1, 0.15) is 6.61 Å². The number of aliphatic hydroxyl groups is 1. The van der Waals surface area contributed by atoms with Crippen molar-refractivity contribution in [1.29, 1.82) is 0 Å². The topological polar surface area (TPSA) is 49.8 Å². The molecule has 2 bridgehead atoms. The summed E-state index contributed by atoms with van der Waals surface area (Å²) >= 11 is 0. The Kier molecular flexibility index (Phi) is 4.44. The Bertz CT molecular complexity index is 462. The van der Waals surface area contributed by atoms with Gasteiger partial charge in [-0.25, -0.2) is 4.79 Å². The summed E-state index contributed by atoms with van der Waals surface area (Å²) < 4.78 is 5.42. The predicted molar refractivity (Wildman–Crippen MR) is 79.6 cm³/mol. The molecule has 1 aromatic rings. The molecule has 1 aliphatic heterocycles. The summed E-state index contributed by atoms with van der Waals surface area (Å²) in [5, 5.41) is 9.33. The number of amides is 1. The van der Waals surface area contributed by atoms with Gasteiger partial charge in [-0.1, -0.05) is 30.3 Å². The van der Waals surface area contributed by atoms with Gasteiger partial charge in [-0.05, 0) is 42.6 Å². The van der Waals surface area contributed by atoms with Gasteiger partial charge in [-0.3, -0.25) is 0 Å². The van der Waals surface area contributed by atoms with E-state index in [0.29, 0.717) is 24.4 Å². The molecule has 1 aliphatic carbocycles. The average Bonchev–Trinajstić information content (AvgIpc) is 2.52. The highest BCUT2D eigenvalue weighted by molar-refractivity contribution is 5.67. The first-order valence-electron chi connectivity index (χ1n) is 7.81. The third-order valence-electron chi connectivity index (χ3n) is 4.68. The van der Waals surface area contributed by atoms with Gasteiger partial charge in [0.2, 0.25) is 0 Å². The molecule has 1 heterocycles. The van der Waals surface area contributed by atoms with E-state index in [1.165, 1.54) is 6.42 Å². The predicted octanol–water partition coefficient (Wildman–Crippen LogP) is 2.66. The van der Waals surface area contributed by atoms with Crippen molar-refractivity contribution in [3.8, 4) is 0 Å². The smallest absolute Gasteiger partial charge is 0.410 e. The van der Waals surface area contributed by atoms with Crippen LogP contribution in [0.1, 0.15) is 24.8 Å². The Morgan fingerprint density at radius 3 is 2.43 bits per heavy atom. The Labute approximate surface area is 125 Å². The summed E-state index contributed by atoms with van der Waals surface area (Å²) in [5.74, 6) is 1.48. The number of aliphatic hydroxyl groups excluding tert-OH is 1. The number of carbonyl (C=O) groups excluding carboxylic acids is 1. The molecular formula is C17H23NO3. The minimum atomic E-state index is -0.198. The van der Waals surface area contributed by atoms with Crippen molar-refractivity contribution in [1.82, 2.24) is 4.90 Å². The second-order valence-corrected chi connectivity index (χ2v) is 6.43. The van der Waals surface area contributed by atoms with Crippen molar-refractivity contribution in [3.05, 3.63) is 35.9 Å². The van der Waals surface area contributed by atoms with Crippen LogP contribution in [0.4, 0.5) is 4.79 Å². The minimum absolute atomic E-state index is 0.198. The van der Waals surface area contributed by atoms with Crippen LogP contribution < -0.4 is 0 Å². The molecule has 1 saturated heterocycles. The Morgan fingerprint density at radius 2 is 1.81 bits per heavy atom. The monoisotopic (exact) mass is 289 g/mol. The lowest BCUT2D eigenvalue weighted by molar-refractivity contribution is 0.0259. The number of piperidine rings is 1. The van der Waals surface area contributed by atoms with Gasteiger partial charge < -0.3 is 14.7 Å². The van der Waals surface area contributed by atoms with E-state index in [-0.39, 0.29) is 12.7 Å². The summed E-state index contributed by atoms with van der Waals surface area (Å²) in [5.41, 5.74) is 1.02. The maximum absolute atomic E-state index is 12.2. The molecule has 1 amide bonds. The maximum Gasteiger partial charge on any atom is 0.410 e. The van der Waals surface area contributed by atoms with Crippen LogP contribution in [0.2, 0.25) is 0 Å². The van der Waals surface area contributed by atoms with Gasteiger partial charge in [-0.15, -0.1) is 0 Å². The standard InChI is InChI=1S/C17H23NO3/c19-11-16-7-14-6-15(8-16)10-18(9-14)17(20)21-12-13-4-2-1-3-5-13/h1-5,14-16,19H,6-12H2/t14-,15+,16?. The van der Waals surface area contributed by atoms with Gasteiger partial charge in [0.15, 0.2) is 0 Å². The first-order valence-corrected chi connectivity index (χ1v) is 7.81. The van der Waals surface area contributed by atoms with Crippen LogP contribution in [0, 0.1) is 17.8 Å². The van der Waals surface area contributed by atoms with Gasteiger partial charge in [0.25, 0.3) is 0 Å². The fraction of sp³-hybridized carbons (Fsp3) is 0.588. The Balaban J connectivity index is 1.52. The SMILES string of the molecule is O=C(OCc1ccccc1)N1C[C@@H]2CC(CO)C[C@@H](C2)C1. The van der Waals surface area contributed by atoms with E-state index < -0.39 is 0 Å². The number of fused-ring (bicyclic) bond motifs is 2. The molecule has 3 atom stereocenters. The lowest BCUT2D eigenvalue weighted by Gasteiger charge is -2.43. The highest BCUT2D eigenvalue weighted by Gasteiger charge is 2.36. The molecule has 2 aliphatic rings. The quantitative estimate of drug-likeness (QED) is 0.930. The number of likely N-dealkylation sites (tertiary alicyclic amines) is 1. The van der Waals surface area contributed by atoms with Crippen molar-refractivity contribution in [2.75, 3.05) is 19.7 Å². The molecule has 4 heteroatoms. The normalized spacial score (nSPS) is 28.2. The average molecular weight is 289 g/mol. The molecule has 4 nitrogen and oxygen atoms in total. The van der Waals surface area contributed by atoms with Crippen molar-refractivity contribution in [2.24, 2.45) is 17.8 Å². The van der Waals surface area contributed by atoms with Crippen molar-refractivity contribution >= 4 is 6.09 Å². The van der Waals surface area contributed by atoms with Crippen LogP contribution in [0.5, 0.6) is 0 Å². The first-order chi connectivity index (χ1) is 10.2.